The lowest BCUT2D eigenvalue weighted by Gasteiger charge is -2.30. The molecule has 5 rings (SSSR count). The Balaban J connectivity index is 1.77. The first-order chi connectivity index (χ1) is 13.8. The van der Waals surface area contributed by atoms with Crippen LogP contribution in [0.4, 0.5) is 21.6 Å². The quantitative estimate of drug-likeness (QED) is 0.462. The van der Waals surface area contributed by atoms with Crippen LogP contribution in [0.1, 0.15) is 39.7 Å². The number of fused-ring (bicyclic) bond motifs is 3. The molecule has 0 saturated heterocycles. The second kappa shape index (κ2) is 5.66. The number of aromatic nitrogens is 2. The van der Waals surface area contributed by atoms with E-state index < -0.39 is 11.5 Å². The van der Waals surface area contributed by atoms with Crippen molar-refractivity contribution in [2.24, 2.45) is 0 Å². The topological polar surface area (TPSA) is 102 Å². The molecule has 8 heteroatoms. The number of carbonyl (C=O) groups excluding carboxylic acids is 1. The minimum absolute atomic E-state index is 0.286. The summed E-state index contributed by atoms with van der Waals surface area (Å²) in [7, 11) is 0. The van der Waals surface area contributed by atoms with Crippen molar-refractivity contribution in [2.45, 2.75) is 25.9 Å². The van der Waals surface area contributed by atoms with Crippen LogP contribution in [0.15, 0.2) is 41.3 Å². The van der Waals surface area contributed by atoms with Gasteiger partial charge in [-0.3, -0.25) is 14.2 Å². The molecule has 1 atom stereocenters. The molecule has 0 spiro atoms. The number of pyridine rings is 2. The van der Waals surface area contributed by atoms with E-state index in [-0.39, 0.29) is 17.2 Å². The first-order valence-corrected chi connectivity index (χ1v) is 9.18. The van der Waals surface area contributed by atoms with Crippen molar-refractivity contribution < 1.29 is 9.18 Å². The van der Waals surface area contributed by atoms with E-state index in [0.717, 1.165) is 11.1 Å². The van der Waals surface area contributed by atoms with Crippen LogP contribution in [-0.2, 0) is 12.1 Å². The van der Waals surface area contributed by atoms with Gasteiger partial charge < -0.3 is 16.4 Å². The second-order valence-corrected chi connectivity index (χ2v) is 7.57. The van der Waals surface area contributed by atoms with Gasteiger partial charge in [0.1, 0.15) is 28.7 Å². The van der Waals surface area contributed by atoms with E-state index in [0.29, 0.717) is 34.7 Å². The highest BCUT2D eigenvalue weighted by Gasteiger charge is 2.44. The normalized spacial score (nSPS) is 19.1. The van der Waals surface area contributed by atoms with Crippen LogP contribution in [0.2, 0.25) is 0 Å². The fourth-order valence-corrected chi connectivity index (χ4v) is 4.30. The van der Waals surface area contributed by atoms with Crippen molar-refractivity contribution in [3.05, 3.63) is 80.6 Å². The molecule has 1 aromatic carbocycles. The predicted molar refractivity (Wildman–Crippen MR) is 107 cm³/mol. The number of nitrogens with zero attached hydrogens (tertiary/aromatic N) is 2. The number of carbonyl (C=O) groups is 1. The number of hydrogen-bond donors (Lipinski definition) is 3. The summed E-state index contributed by atoms with van der Waals surface area (Å²) in [5, 5.41) is 6.04. The molecule has 2 aliphatic heterocycles. The van der Waals surface area contributed by atoms with E-state index in [9.17, 15) is 14.0 Å². The first-order valence-electron chi connectivity index (χ1n) is 9.18. The number of rotatable bonds is 1. The summed E-state index contributed by atoms with van der Waals surface area (Å²) in [6, 6.07) is 7.57. The predicted octanol–water partition coefficient (Wildman–Crippen LogP) is 2.39. The molecule has 0 aliphatic carbocycles. The van der Waals surface area contributed by atoms with Crippen LogP contribution >= 0.6 is 0 Å². The molecular weight excluding hydrogens is 373 g/mol. The highest BCUT2D eigenvalue weighted by Crippen LogP contribution is 2.38. The number of hydrogen-bond acceptors (Lipinski definition) is 5. The Morgan fingerprint density at radius 3 is 2.83 bits per heavy atom. The number of nitrogens with one attached hydrogen (secondary N) is 2. The van der Waals surface area contributed by atoms with Crippen molar-refractivity contribution in [1.29, 1.82) is 0 Å². The fourth-order valence-electron chi connectivity index (χ4n) is 4.30. The Kier molecular flexibility index (Phi) is 3.40. The summed E-state index contributed by atoms with van der Waals surface area (Å²) in [5.41, 5.74) is 8.45. The molecule has 0 radical (unpaired) electrons. The van der Waals surface area contributed by atoms with Gasteiger partial charge in [-0.1, -0.05) is 12.1 Å². The van der Waals surface area contributed by atoms with Gasteiger partial charge in [0, 0.05) is 29.9 Å². The van der Waals surface area contributed by atoms with Crippen LogP contribution in [0.25, 0.3) is 0 Å². The zero-order valence-corrected chi connectivity index (χ0v) is 15.8. The molecule has 2 aromatic heterocycles. The summed E-state index contributed by atoms with van der Waals surface area (Å²) in [6.07, 6.45) is 2.13. The Hall–Kier alpha value is -3.68. The van der Waals surface area contributed by atoms with E-state index in [1.807, 2.05) is 6.92 Å². The zero-order chi connectivity index (χ0) is 20.5. The molecule has 1 amide bonds. The number of amides is 1. The molecular formula is C21H18FN5O2. The average Bonchev–Trinajstić information content (AvgIpc) is 2.97. The monoisotopic (exact) mass is 391 g/mol. The second-order valence-electron chi connectivity index (χ2n) is 7.57. The third-order valence-electron chi connectivity index (χ3n) is 5.79. The summed E-state index contributed by atoms with van der Waals surface area (Å²) >= 11 is 0. The molecule has 3 aromatic rings. The third-order valence-corrected chi connectivity index (χ3v) is 5.79. The molecule has 4 heterocycles. The van der Waals surface area contributed by atoms with E-state index >= 15 is 0 Å². The Morgan fingerprint density at radius 2 is 2.07 bits per heavy atom. The number of benzene rings is 1. The van der Waals surface area contributed by atoms with Crippen LogP contribution in [0.5, 0.6) is 0 Å². The number of nitrogens with two attached hydrogens (primary N) is 1. The van der Waals surface area contributed by atoms with Crippen LogP contribution in [0.3, 0.4) is 0 Å². The summed E-state index contributed by atoms with van der Waals surface area (Å²) < 4.78 is 15.3. The first kappa shape index (κ1) is 17.4. The maximum absolute atomic E-state index is 13.9. The van der Waals surface area contributed by atoms with Gasteiger partial charge in [0.15, 0.2) is 0 Å². The number of nitrogen functional groups attached to an aromatic ring is 1. The molecule has 4 N–H and O–H groups in total. The molecule has 1 unspecified atom stereocenters. The van der Waals surface area contributed by atoms with E-state index in [1.54, 1.807) is 31.3 Å². The summed E-state index contributed by atoms with van der Waals surface area (Å²) in [5.74, 6) is -0.460. The minimum atomic E-state index is -1.20. The smallest absolute Gasteiger partial charge is 0.277 e. The third kappa shape index (κ3) is 2.32. The van der Waals surface area contributed by atoms with Gasteiger partial charge in [-0.15, -0.1) is 0 Å². The number of halogens is 1. The largest absolute Gasteiger partial charge is 0.384 e. The van der Waals surface area contributed by atoms with Crippen molar-refractivity contribution in [3.8, 4) is 0 Å². The van der Waals surface area contributed by atoms with Gasteiger partial charge in [-0.25, -0.2) is 9.37 Å². The van der Waals surface area contributed by atoms with Crippen molar-refractivity contribution in [2.75, 3.05) is 11.1 Å². The number of anilines is 3. The maximum atomic E-state index is 13.9. The molecule has 146 valence electrons. The lowest BCUT2D eigenvalue weighted by atomic mass is 9.94. The van der Waals surface area contributed by atoms with Gasteiger partial charge >= 0.3 is 0 Å². The van der Waals surface area contributed by atoms with Crippen molar-refractivity contribution >= 4 is 23.1 Å². The summed E-state index contributed by atoms with van der Waals surface area (Å²) in [4.78, 5) is 30.5. The standard InChI is InChI=1S/C21H18FN5O2/c1-10-14-6-11-9-24-16(23)8-15(11)25-17(14)20(29)27-18(10)19(28)26-21(27,2)12-4-3-5-13(22)7-12/h3-5,7-9,25H,6H2,1-2H3,(H2,23,24)(H,26,28). The molecule has 0 bridgehead atoms. The highest BCUT2D eigenvalue weighted by molar-refractivity contribution is 5.98. The van der Waals surface area contributed by atoms with E-state index in [1.165, 1.54) is 16.7 Å². The Labute approximate surface area is 165 Å². The van der Waals surface area contributed by atoms with Gasteiger partial charge in [0.25, 0.3) is 11.5 Å². The van der Waals surface area contributed by atoms with Crippen LogP contribution in [-0.4, -0.2) is 15.5 Å². The minimum Gasteiger partial charge on any atom is -0.384 e. The molecule has 0 fully saturated rings. The van der Waals surface area contributed by atoms with Crippen molar-refractivity contribution in [1.82, 2.24) is 14.9 Å². The van der Waals surface area contributed by atoms with E-state index in [2.05, 4.69) is 15.6 Å². The Morgan fingerprint density at radius 1 is 1.28 bits per heavy atom. The molecule has 2 aliphatic rings. The zero-order valence-electron chi connectivity index (χ0n) is 15.8. The SMILES string of the molecule is Cc1c2c(c(=O)n3c1C(=O)NC3(C)c1cccc(F)c1)Nc1cc(N)ncc1C2. The molecule has 7 nitrogen and oxygen atoms in total. The highest BCUT2D eigenvalue weighted by atomic mass is 19.1. The molecule has 29 heavy (non-hydrogen) atoms. The van der Waals surface area contributed by atoms with Crippen LogP contribution in [0, 0.1) is 12.7 Å². The summed E-state index contributed by atoms with van der Waals surface area (Å²) in [6.45, 7) is 3.51. The van der Waals surface area contributed by atoms with Crippen LogP contribution < -0.4 is 21.9 Å². The van der Waals surface area contributed by atoms with E-state index in [4.69, 9.17) is 5.73 Å². The average molecular weight is 391 g/mol. The lowest BCUT2D eigenvalue weighted by molar-refractivity contribution is 0.0941. The lowest BCUT2D eigenvalue weighted by Crippen LogP contribution is -2.46. The molecule has 0 saturated carbocycles. The Bertz CT molecular complexity index is 1280. The maximum Gasteiger partial charge on any atom is 0.277 e. The van der Waals surface area contributed by atoms with Crippen molar-refractivity contribution in [3.63, 3.8) is 0 Å². The van der Waals surface area contributed by atoms with Gasteiger partial charge in [-0.2, -0.15) is 0 Å². The van der Waals surface area contributed by atoms with Gasteiger partial charge in [-0.05, 0) is 42.7 Å². The van der Waals surface area contributed by atoms with Gasteiger partial charge in [0.2, 0.25) is 0 Å². The van der Waals surface area contributed by atoms with Gasteiger partial charge in [0.05, 0.1) is 0 Å². The fraction of sp³-hybridized carbons (Fsp3) is 0.190.